The van der Waals surface area contributed by atoms with Crippen LogP contribution in [0.2, 0.25) is 5.02 Å². The average molecular weight is 419 g/mol. The maximum absolute atomic E-state index is 14.4. The van der Waals surface area contributed by atoms with Crippen LogP contribution in [0.4, 0.5) is 4.39 Å². The molecule has 0 saturated heterocycles. The molecule has 0 spiro atoms. The minimum Gasteiger partial charge on any atom is -0.454 e. The smallest absolute Gasteiger partial charge is 0.242 e. The Kier molecular flexibility index (Phi) is 5.51. The van der Waals surface area contributed by atoms with E-state index < -0.39 is 23.6 Å². The van der Waals surface area contributed by atoms with Gasteiger partial charge in [-0.25, -0.2) is 4.39 Å². The summed E-state index contributed by atoms with van der Waals surface area (Å²) in [6.07, 6.45) is 1.80. The van der Waals surface area contributed by atoms with Crippen LogP contribution in [-0.2, 0) is 4.79 Å². The lowest BCUT2D eigenvalue weighted by molar-refractivity contribution is -0.122. The van der Waals surface area contributed by atoms with Gasteiger partial charge in [0.15, 0.2) is 11.6 Å². The van der Waals surface area contributed by atoms with Crippen molar-refractivity contribution in [1.29, 1.82) is 5.26 Å². The fraction of sp³-hybridized carbons (Fsp3) is 0.0833. The number of para-hydroxylation sites is 1. The zero-order valence-electron chi connectivity index (χ0n) is 15.7. The summed E-state index contributed by atoms with van der Waals surface area (Å²) in [6, 6.07) is 22.3. The molecular formula is C24H16ClFN2O2. The van der Waals surface area contributed by atoms with Crippen LogP contribution < -0.4 is 10.1 Å². The van der Waals surface area contributed by atoms with Gasteiger partial charge in [-0.15, -0.1) is 0 Å². The Morgan fingerprint density at radius 1 is 1.03 bits per heavy atom. The molecule has 4 rings (SSSR count). The second-order valence-corrected chi connectivity index (χ2v) is 7.25. The van der Waals surface area contributed by atoms with E-state index in [9.17, 15) is 14.4 Å². The van der Waals surface area contributed by atoms with Crippen molar-refractivity contribution < 1.29 is 13.9 Å². The maximum atomic E-state index is 14.4. The second kappa shape index (κ2) is 8.40. The molecule has 1 aliphatic heterocycles. The number of amides is 1. The number of allylic oxidation sites excluding steroid dienone is 1. The number of ether oxygens (including phenoxy) is 1. The van der Waals surface area contributed by atoms with Crippen LogP contribution in [0.15, 0.2) is 78.9 Å². The highest BCUT2D eigenvalue weighted by Gasteiger charge is 2.34. The molecule has 0 bridgehead atoms. The summed E-state index contributed by atoms with van der Waals surface area (Å²) in [5.74, 6) is -1.93. The fourth-order valence-corrected chi connectivity index (χ4v) is 3.46. The summed E-state index contributed by atoms with van der Waals surface area (Å²) >= 11 is 5.95. The third kappa shape index (κ3) is 4.05. The Hall–Kier alpha value is -3.62. The lowest BCUT2D eigenvalue weighted by Gasteiger charge is -2.26. The van der Waals surface area contributed by atoms with Gasteiger partial charge in [0.2, 0.25) is 5.91 Å². The van der Waals surface area contributed by atoms with Gasteiger partial charge in [-0.3, -0.25) is 4.79 Å². The number of nitrogens with zero attached hydrogens (tertiary/aromatic N) is 1. The van der Waals surface area contributed by atoms with Crippen LogP contribution in [0.1, 0.15) is 17.0 Å². The largest absolute Gasteiger partial charge is 0.454 e. The van der Waals surface area contributed by atoms with E-state index in [4.69, 9.17) is 16.3 Å². The Balaban J connectivity index is 1.73. The van der Waals surface area contributed by atoms with E-state index in [-0.39, 0.29) is 5.75 Å². The Bertz CT molecular complexity index is 1150. The van der Waals surface area contributed by atoms with Crippen molar-refractivity contribution >= 4 is 23.2 Å². The van der Waals surface area contributed by atoms with Gasteiger partial charge in [0.05, 0.1) is 6.07 Å². The van der Waals surface area contributed by atoms with E-state index in [0.717, 1.165) is 5.56 Å². The number of halogens is 2. The second-order valence-electron chi connectivity index (χ2n) is 6.81. The minimum atomic E-state index is -0.948. The summed E-state index contributed by atoms with van der Waals surface area (Å²) in [5, 5.41) is 12.9. The molecule has 148 valence electrons. The number of hydrogen-bond donors (Lipinski definition) is 1. The van der Waals surface area contributed by atoms with Crippen molar-refractivity contribution in [3.8, 4) is 17.6 Å². The molecule has 2 atom stereocenters. The zero-order chi connectivity index (χ0) is 21.1. The molecule has 4 nitrogen and oxygen atoms in total. The van der Waals surface area contributed by atoms with E-state index in [0.29, 0.717) is 22.0 Å². The summed E-state index contributed by atoms with van der Waals surface area (Å²) in [4.78, 5) is 12.6. The first-order valence-electron chi connectivity index (χ1n) is 9.26. The lowest BCUT2D eigenvalue weighted by Crippen LogP contribution is -2.36. The van der Waals surface area contributed by atoms with Crippen molar-refractivity contribution in [3.05, 3.63) is 101 Å². The van der Waals surface area contributed by atoms with Gasteiger partial charge in [-0.1, -0.05) is 54.1 Å². The zero-order valence-corrected chi connectivity index (χ0v) is 16.4. The molecule has 0 fully saturated rings. The van der Waals surface area contributed by atoms with Gasteiger partial charge in [0.1, 0.15) is 11.7 Å². The predicted octanol–water partition coefficient (Wildman–Crippen LogP) is 5.67. The quantitative estimate of drug-likeness (QED) is 0.594. The molecular weight excluding hydrogens is 403 g/mol. The molecule has 1 aliphatic rings. The number of nitriles is 1. The van der Waals surface area contributed by atoms with Crippen molar-refractivity contribution in [2.24, 2.45) is 5.92 Å². The summed E-state index contributed by atoms with van der Waals surface area (Å²) in [7, 11) is 0. The Morgan fingerprint density at radius 2 is 1.77 bits per heavy atom. The third-order valence-electron chi connectivity index (χ3n) is 4.85. The Morgan fingerprint density at radius 3 is 2.47 bits per heavy atom. The molecule has 0 unspecified atom stereocenters. The Labute approximate surface area is 178 Å². The maximum Gasteiger partial charge on any atom is 0.242 e. The van der Waals surface area contributed by atoms with Crippen molar-refractivity contribution in [1.82, 2.24) is 5.32 Å². The number of hydrogen-bond acceptors (Lipinski definition) is 3. The van der Waals surface area contributed by atoms with E-state index in [1.165, 1.54) is 12.1 Å². The van der Waals surface area contributed by atoms with E-state index >= 15 is 0 Å². The van der Waals surface area contributed by atoms with E-state index in [1.807, 2.05) is 6.07 Å². The number of nitrogens with one attached hydrogen (secondary N) is 1. The van der Waals surface area contributed by atoms with Crippen LogP contribution in [0.3, 0.4) is 0 Å². The van der Waals surface area contributed by atoms with Gasteiger partial charge < -0.3 is 10.1 Å². The molecule has 1 amide bonds. The van der Waals surface area contributed by atoms with Gasteiger partial charge >= 0.3 is 0 Å². The summed E-state index contributed by atoms with van der Waals surface area (Å²) < 4.78 is 20.0. The van der Waals surface area contributed by atoms with Crippen molar-refractivity contribution in [3.63, 3.8) is 0 Å². The average Bonchev–Trinajstić information content (AvgIpc) is 2.76. The van der Waals surface area contributed by atoms with Crippen LogP contribution in [0, 0.1) is 23.1 Å². The topological polar surface area (TPSA) is 62.1 Å². The molecule has 0 aromatic heterocycles. The standard InChI is InChI=1S/C24H16ClFN2O2/c25-17-9-6-15(7-10-17)22-13-19(20(14-27)24(29)28-22)16-8-11-21(26)23(12-16)30-18-4-2-1-3-5-18/h1-13,19-20H,(H,28,29)/t19-,20-/m0/s1. The first-order chi connectivity index (χ1) is 14.5. The summed E-state index contributed by atoms with van der Waals surface area (Å²) in [5.41, 5.74) is 1.94. The van der Waals surface area contributed by atoms with Crippen LogP contribution in [0.5, 0.6) is 11.5 Å². The number of rotatable bonds is 4. The summed E-state index contributed by atoms with van der Waals surface area (Å²) in [6.45, 7) is 0. The molecule has 1 heterocycles. The molecule has 30 heavy (non-hydrogen) atoms. The van der Waals surface area contributed by atoms with E-state index in [2.05, 4.69) is 11.4 Å². The van der Waals surface area contributed by atoms with Crippen LogP contribution >= 0.6 is 11.6 Å². The highest BCUT2D eigenvalue weighted by atomic mass is 35.5. The molecule has 0 radical (unpaired) electrons. The molecule has 0 saturated carbocycles. The number of carbonyl (C=O) groups excluding carboxylic acids is 1. The first-order valence-corrected chi connectivity index (χ1v) is 9.63. The van der Waals surface area contributed by atoms with Crippen molar-refractivity contribution in [2.45, 2.75) is 5.92 Å². The molecule has 0 aliphatic carbocycles. The van der Waals surface area contributed by atoms with Crippen molar-refractivity contribution in [2.75, 3.05) is 0 Å². The highest BCUT2D eigenvalue weighted by molar-refractivity contribution is 6.30. The molecule has 3 aromatic carbocycles. The van der Waals surface area contributed by atoms with Gasteiger partial charge in [-0.05, 0) is 47.5 Å². The molecule has 1 N–H and O–H groups in total. The predicted molar refractivity (Wildman–Crippen MR) is 112 cm³/mol. The van der Waals surface area contributed by atoms with E-state index in [1.54, 1.807) is 60.7 Å². The highest BCUT2D eigenvalue weighted by Crippen LogP contribution is 2.36. The monoisotopic (exact) mass is 418 g/mol. The lowest BCUT2D eigenvalue weighted by atomic mass is 9.82. The van der Waals surface area contributed by atoms with Crippen LogP contribution in [0.25, 0.3) is 5.70 Å². The molecule has 6 heteroatoms. The molecule has 3 aromatic rings. The van der Waals surface area contributed by atoms with Crippen LogP contribution in [-0.4, -0.2) is 5.91 Å². The third-order valence-corrected chi connectivity index (χ3v) is 5.10. The fourth-order valence-electron chi connectivity index (χ4n) is 3.34. The van der Waals surface area contributed by atoms with Gasteiger partial charge in [0.25, 0.3) is 0 Å². The SMILES string of the molecule is N#C[C@@H]1C(=O)NC(c2ccc(Cl)cc2)=C[C@H]1c1ccc(F)c(Oc2ccccc2)c1. The van der Waals surface area contributed by atoms with Gasteiger partial charge in [-0.2, -0.15) is 5.26 Å². The minimum absolute atomic E-state index is 0.0304. The van der Waals surface area contributed by atoms with Gasteiger partial charge in [0, 0.05) is 16.6 Å². The number of benzene rings is 3. The first kappa shape index (κ1) is 19.7. The normalized spacial score (nSPS) is 18.2. The number of carbonyl (C=O) groups is 1.